The van der Waals surface area contributed by atoms with Crippen LogP contribution >= 0.6 is 0 Å². The van der Waals surface area contributed by atoms with Crippen LogP contribution in [0.15, 0.2) is 24.4 Å². The van der Waals surface area contributed by atoms with E-state index in [1.165, 1.54) is 0 Å². The summed E-state index contributed by atoms with van der Waals surface area (Å²) in [5.41, 5.74) is 0.0456. The van der Waals surface area contributed by atoms with Crippen LogP contribution in [0.25, 0.3) is 5.65 Å². The summed E-state index contributed by atoms with van der Waals surface area (Å²) in [7, 11) is 0. The molecule has 9 nitrogen and oxygen atoms in total. The highest BCUT2D eigenvalue weighted by Gasteiger charge is 2.53. The molecule has 2 aromatic heterocycles. The van der Waals surface area contributed by atoms with Crippen molar-refractivity contribution < 1.29 is 14.4 Å². The highest BCUT2D eigenvalue weighted by molar-refractivity contribution is 6.09. The fraction of sp³-hybridized carbons (Fsp3) is 0.591. The number of carbonyl (C=O) groups excluding carboxylic acids is 3. The predicted molar refractivity (Wildman–Crippen MR) is 114 cm³/mol. The molecule has 9 heteroatoms. The third kappa shape index (κ3) is 3.88. The molecule has 166 valence electrons. The van der Waals surface area contributed by atoms with Crippen molar-refractivity contribution in [2.45, 2.75) is 65.0 Å². The van der Waals surface area contributed by atoms with Gasteiger partial charge in [-0.05, 0) is 49.1 Å². The minimum absolute atomic E-state index is 0.159. The van der Waals surface area contributed by atoms with Crippen LogP contribution in [0.4, 0.5) is 4.79 Å². The Morgan fingerprint density at radius 3 is 2.71 bits per heavy atom. The lowest BCUT2D eigenvalue weighted by atomic mass is 9.65. The van der Waals surface area contributed by atoms with E-state index in [1.807, 2.05) is 24.4 Å². The average Bonchev–Trinajstić information content (AvgIpc) is 3.27. The lowest BCUT2D eigenvalue weighted by molar-refractivity contribution is -0.136. The van der Waals surface area contributed by atoms with Crippen LogP contribution in [0.5, 0.6) is 0 Å². The van der Waals surface area contributed by atoms with E-state index in [4.69, 9.17) is 0 Å². The molecule has 0 unspecified atom stereocenters. The van der Waals surface area contributed by atoms with E-state index in [0.717, 1.165) is 24.2 Å². The SMILES string of the molecule is CCC(C)(C)C1CCC2(CC1)NC(=O)N(CC(=O)NCc1nnc3ccccn13)C2=O. The summed E-state index contributed by atoms with van der Waals surface area (Å²) in [6.07, 6.45) is 5.93. The topological polar surface area (TPSA) is 109 Å². The molecule has 1 aliphatic heterocycles. The number of nitrogens with one attached hydrogen (secondary N) is 2. The Morgan fingerprint density at radius 1 is 1.26 bits per heavy atom. The molecule has 2 fully saturated rings. The summed E-state index contributed by atoms with van der Waals surface area (Å²) >= 11 is 0. The van der Waals surface area contributed by atoms with E-state index in [9.17, 15) is 14.4 Å². The van der Waals surface area contributed by atoms with Gasteiger partial charge in [-0.15, -0.1) is 10.2 Å². The molecule has 4 amide bonds. The van der Waals surface area contributed by atoms with Crippen LogP contribution in [-0.2, 0) is 16.1 Å². The summed E-state index contributed by atoms with van der Waals surface area (Å²) in [6, 6.07) is 5.05. The van der Waals surface area contributed by atoms with Crippen LogP contribution < -0.4 is 10.6 Å². The molecule has 1 saturated heterocycles. The number of fused-ring (bicyclic) bond motifs is 1. The Hall–Kier alpha value is -2.97. The van der Waals surface area contributed by atoms with Gasteiger partial charge in [0.2, 0.25) is 5.91 Å². The fourth-order valence-corrected chi connectivity index (χ4v) is 4.73. The smallest absolute Gasteiger partial charge is 0.325 e. The van der Waals surface area contributed by atoms with Gasteiger partial charge in [0.1, 0.15) is 12.1 Å². The number of pyridine rings is 1. The first-order valence-electron chi connectivity index (χ1n) is 11.0. The molecule has 0 radical (unpaired) electrons. The highest BCUT2D eigenvalue weighted by atomic mass is 16.2. The van der Waals surface area contributed by atoms with Gasteiger partial charge in [0.05, 0.1) is 6.54 Å². The van der Waals surface area contributed by atoms with Crippen molar-refractivity contribution in [2.75, 3.05) is 6.54 Å². The monoisotopic (exact) mass is 426 g/mol. The van der Waals surface area contributed by atoms with Gasteiger partial charge < -0.3 is 10.6 Å². The molecule has 2 N–H and O–H groups in total. The van der Waals surface area contributed by atoms with Gasteiger partial charge in [-0.1, -0.05) is 33.3 Å². The number of carbonyl (C=O) groups is 3. The van der Waals surface area contributed by atoms with E-state index in [-0.39, 0.29) is 24.4 Å². The van der Waals surface area contributed by atoms with Crippen LogP contribution in [0, 0.1) is 11.3 Å². The number of hydrogen-bond acceptors (Lipinski definition) is 5. The molecule has 3 heterocycles. The van der Waals surface area contributed by atoms with E-state index in [0.29, 0.717) is 30.2 Å². The first-order chi connectivity index (χ1) is 14.8. The quantitative estimate of drug-likeness (QED) is 0.689. The zero-order valence-corrected chi connectivity index (χ0v) is 18.4. The van der Waals surface area contributed by atoms with Crippen molar-refractivity contribution in [3.63, 3.8) is 0 Å². The summed E-state index contributed by atoms with van der Waals surface area (Å²) in [5.74, 6) is 0.417. The average molecular weight is 427 g/mol. The van der Waals surface area contributed by atoms with Crippen molar-refractivity contribution in [2.24, 2.45) is 11.3 Å². The Bertz CT molecular complexity index is 1010. The number of amides is 4. The van der Waals surface area contributed by atoms with Crippen molar-refractivity contribution in [3.05, 3.63) is 30.2 Å². The number of nitrogens with zero attached hydrogens (tertiary/aromatic N) is 4. The summed E-state index contributed by atoms with van der Waals surface area (Å²) < 4.78 is 1.78. The number of aromatic nitrogens is 3. The van der Waals surface area contributed by atoms with Crippen LogP contribution in [0.2, 0.25) is 0 Å². The molecule has 0 bridgehead atoms. The summed E-state index contributed by atoms with van der Waals surface area (Å²) in [6.45, 7) is 6.58. The van der Waals surface area contributed by atoms with Crippen molar-refractivity contribution in [3.8, 4) is 0 Å². The third-order valence-corrected chi connectivity index (χ3v) is 7.23. The van der Waals surface area contributed by atoms with Gasteiger partial charge in [0.25, 0.3) is 5.91 Å². The lowest BCUT2D eigenvalue weighted by Crippen LogP contribution is -2.51. The summed E-state index contributed by atoms with van der Waals surface area (Å²) in [5, 5.41) is 13.7. The van der Waals surface area contributed by atoms with Crippen LogP contribution in [-0.4, -0.2) is 49.4 Å². The van der Waals surface area contributed by atoms with Gasteiger partial charge in [-0.3, -0.25) is 18.9 Å². The Kier molecular flexibility index (Phi) is 5.45. The van der Waals surface area contributed by atoms with E-state index < -0.39 is 17.5 Å². The Morgan fingerprint density at radius 2 is 2.00 bits per heavy atom. The lowest BCUT2D eigenvalue weighted by Gasteiger charge is -2.42. The van der Waals surface area contributed by atoms with Crippen LogP contribution in [0.3, 0.4) is 0 Å². The van der Waals surface area contributed by atoms with E-state index >= 15 is 0 Å². The third-order valence-electron chi connectivity index (χ3n) is 7.23. The second-order valence-corrected chi connectivity index (χ2v) is 9.34. The normalized spacial score (nSPS) is 24.1. The van der Waals surface area contributed by atoms with Crippen molar-refractivity contribution >= 4 is 23.5 Å². The zero-order chi connectivity index (χ0) is 22.2. The van der Waals surface area contributed by atoms with E-state index in [1.54, 1.807) is 4.40 Å². The number of urea groups is 1. The number of imide groups is 1. The molecule has 31 heavy (non-hydrogen) atoms. The predicted octanol–water partition coefficient (Wildman–Crippen LogP) is 2.26. The van der Waals surface area contributed by atoms with Gasteiger partial charge in [0.15, 0.2) is 11.5 Å². The van der Waals surface area contributed by atoms with Crippen molar-refractivity contribution in [1.29, 1.82) is 0 Å². The zero-order valence-electron chi connectivity index (χ0n) is 18.4. The summed E-state index contributed by atoms with van der Waals surface area (Å²) in [4.78, 5) is 39.1. The molecular formula is C22H30N6O3. The van der Waals surface area contributed by atoms with Crippen molar-refractivity contribution in [1.82, 2.24) is 30.1 Å². The maximum atomic E-state index is 13.1. The minimum Gasteiger partial charge on any atom is -0.347 e. The molecule has 2 aliphatic rings. The number of hydrogen-bond donors (Lipinski definition) is 2. The Balaban J connectivity index is 1.35. The second kappa shape index (κ2) is 7.94. The maximum absolute atomic E-state index is 13.1. The van der Waals surface area contributed by atoms with E-state index in [2.05, 4.69) is 41.6 Å². The molecule has 2 aromatic rings. The van der Waals surface area contributed by atoms with Gasteiger partial charge in [0, 0.05) is 6.20 Å². The molecule has 0 aromatic carbocycles. The molecule has 1 aliphatic carbocycles. The Labute approximate surface area is 181 Å². The fourth-order valence-electron chi connectivity index (χ4n) is 4.73. The molecular weight excluding hydrogens is 396 g/mol. The highest BCUT2D eigenvalue weighted by Crippen LogP contribution is 2.45. The number of rotatable bonds is 6. The van der Waals surface area contributed by atoms with Gasteiger partial charge in [-0.25, -0.2) is 4.79 Å². The first-order valence-corrected chi connectivity index (χ1v) is 11.0. The second-order valence-electron chi connectivity index (χ2n) is 9.34. The van der Waals surface area contributed by atoms with Gasteiger partial charge in [-0.2, -0.15) is 0 Å². The van der Waals surface area contributed by atoms with Gasteiger partial charge >= 0.3 is 6.03 Å². The minimum atomic E-state index is -0.860. The molecule has 1 spiro atoms. The molecule has 4 rings (SSSR count). The van der Waals surface area contributed by atoms with Crippen LogP contribution in [0.1, 0.15) is 58.7 Å². The largest absolute Gasteiger partial charge is 0.347 e. The standard InChI is InChI=1S/C22H30N6O3/c1-4-21(2,3)15-8-10-22(11-9-15)19(30)28(20(31)24-22)14-18(29)23-13-17-26-25-16-7-5-6-12-27(16)17/h5-7,12,15H,4,8-11,13-14H2,1-3H3,(H,23,29)(H,24,31). The first kappa shape index (κ1) is 21.3. The molecule has 1 saturated carbocycles. The molecule has 0 atom stereocenters. The maximum Gasteiger partial charge on any atom is 0.325 e.